The molecule has 1 heterocycles. The number of hydrogen-bond acceptors (Lipinski definition) is 4. The Kier molecular flexibility index (Phi) is 5.92. The molecule has 0 amide bonds. The van der Waals surface area contributed by atoms with E-state index in [0.717, 1.165) is 31.6 Å². The number of rotatable bonds is 7. The van der Waals surface area contributed by atoms with Crippen molar-refractivity contribution >= 4 is 0 Å². The second-order valence-corrected chi connectivity index (χ2v) is 5.38. The summed E-state index contributed by atoms with van der Waals surface area (Å²) in [7, 11) is 0. The van der Waals surface area contributed by atoms with Crippen LogP contribution >= 0.6 is 0 Å². The van der Waals surface area contributed by atoms with E-state index in [4.69, 9.17) is 9.72 Å². The zero-order valence-electron chi connectivity index (χ0n) is 13.0. The van der Waals surface area contributed by atoms with Crippen molar-refractivity contribution < 1.29 is 4.74 Å². The molecular weight excluding hydrogens is 250 g/mol. The van der Waals surface area contributed by atoms with Crippen molar-refractivity contribution in [2.45, 2.75) is 65.0 Å². The van der Waals surface area contributed by atoms with E-state index in [0.29, 0.717) is 12.6 Å². The molecule has 1 aromatic heterocycles. The lowest BCUT2D eigenvalue weighted by Crippen LogP contribution is -2.27. The van der Waals surface area contributed by atoms with E-state index < -0.39 is 0 Å². The molecule has 112 valence electrons. The van der Waals surface area contributed by atoms with E-state index in [1.54, 1.807) is 0 Å². The number of aromatic nitrogens is 2. The Bertz CT molecular complexity index is 422. The molecule has 0 aromatic carbocycles. The van der Waals surface area contributed by atoms with Crippen molar-refractivity contribution in [3.05, 3.63) is 23.3 Å². The molecule has 0 saturated heterocycles. The summed E-state index contributed by atoms with van der Waals surface area (Å²) in [5.41, 5.74) is 2.51. The molecule has 4 heteroatoms. The van der Waals surface area contributed by atoms with Crippen LogP contribution in [0.5, 0.6) is 0 Å². The largest absolute Gasteiger partial charge is 0.371 e. The smallest absolute Gasteiger partial charge is 0.157 e. The van der Waals surface area contributed by atoms with E-state index >= 15 is 0 Å². The van der Waals surface area contributed by atoms with Crippen LogP contribution in [0.1, 0.15) is 75.7 Å². The number of ether oxygens (including phenoxy) is 1. The molecule has 1 aliphatic rings. The predicted molar refractivity (Wildman–Crippen MR) is 80.7 cm³/mol. The van der Waals surface area contributed by atoms with Crippen LogP contribution < -0.4 is 5.32 Å². The second-order valence-electron chi connectivity index (χ2n) is 5.38. The van der Waals surface area contributed by atoms with Gasteiger partial charge in [-0.2, -0.15) is 0 Å². The van der Waals surface area contributed by atoms with Crippen molar-refractivity contribution in [1.82, 2.24) is 15.3 Å². The van der Waals surface area contributed by atoms with Gasteiger partial charge in [0.25, 0.3) is 0 Å². The molecule has 20 heavy (non-hydrogen) atoms. The SMILES string of the molecule is CCCNC1CCCc2nc(C(CC)OCC)ncc21. The van der Waals surface area contributed by atoms with Gasteiger partial charge in [0.05, 0.1) is 0 Å². The summed E-state index contributed by atoms with van der Waals surface area (Å²) in [5.74, 6) is 0.851. The zero-order chi connectivity index (χ0) is 14.4. The van der Waals surface area contributed by atoms with E-state index in [2.05, 4.69) is 24.1 Å². The number of fused-ring (bicyclic) bond motifs is 1. The van der Waals surface area contributed by atoms with Crippen LogP contribution in [0.15, 0.2) is 6.20 Å². The Morgan fingerprint density at radius 3 is 2.95 bits per heavy atom. The highest BCUT2D eigenvalue weighted by molar-refractivity contribution is 5.25. The Hall–Kier alpha value is -1.00. The van der Waals surface area contributed by atoms with E-state index in [-0.39, 0.29) is 6.10 Å². The minimum atomic E-state index is 0.0364. The lowest BCUT2D eigenvalue weighted by atomic mass is 9.92. The van der Waals surface area contributed by atoms with E-state index in [1.807, 2.05) is 13.1 Å². The van der Waals surface area contributed by atoms with Gasteiger partial charge in [-0.1, -0.05) is 13.8 Å². The van der Waals surface area contributed by atoms with Gasteiger partial charge >= 0.3 is 0 Å². The first-order chi connectivity index (χ1) is 9.80. The van der Waals surface area contributed by atoms with Crippen LogP contribution in [0.25, 0.3) is 0 Å². The topological polar surface area (TPSA) is 47.0 Å². The van der Waals surface area contributed by atoms with Crippen LogP contribution in [0.2, 0.25) is 0 Å². The molecule has 4 nitrogen and oxygen atoms in total. The summed E-state index contributed by atoms with van der Waals surface area (Å²) in [6.45, 7) is 8.10. The molecule has 0 spiro atoms. The fourth-order valence-corrected chi connectivity index (χ4v) is 2.82. The van der Waals surface area contributed by atoms with Gasteiger partial charge in [-0.25, -0.2) is 9.97 Å². The summed E-state index contributed by atoms with van der Waals surface area (Å²) in [5, 5.41) is 3.60. The first kappa shape index (κ1) is 15.4. The maximum absolute atomic E-state index is 5.72. The van der Waals surface area contributed by atoms with Crippen LogP contribution in [-0.2, 0) is 11.2 Å². The van der Waals surface area contributed by atoms with Crippen molar-refractivity contribution in [2.24, 2.45) is 0 Å². The van der Waals surface area contributed by atoms with Crippen LogP contribution in [-0.4, -0.2) is 23.1 Å². The third-order valence-electron chi connectivity index (χ3n) is 3.87. The van der Waals surface area contributed by atoms with E-state index in [9.17, 15) is 0 Å². The second kappa shape index (κ2) is 7.70. The minimum absolute atomic E-state index is 0.0364. The highest BCUT2D eigenvalue weighted by Gasteiger charge is 2.23. The molecule has 2 atom stereocenters. The summed E-state index contributed by atoms with van der Waals surface area (Å²) in [4.78, 5) is 9.35. The zero-order valence-corrected chi connectivity index (χ0v) is 13.0. The Morgan fingerprint density at radius 2 is 2.25 bits per heavy atom. The Morgan fingerprint density at radius 1 is 1.40 bits per heavy atom. The molecule has 0 radical (unpaired) electrons. The van der Waals surface area contributed by atoms with Gasteiger partial charge < -0.3 is 10.1 Å². The molecule has 1 N–H and O–H groups in total. The number of aryl methyl sites for hydroxylation is 1. The third kappa shape index (κ3) is 3.55. The average molecular weight is 277 g/mol. The fraction of sp³-hybridized carbons (Fsp3) is 0.750. The van der Waals surface area contributed by atoms with Gasteiger partial charge in [-0.15, -0.1) is 0 Å². The van der Waals surface area contributed by atoms with Crippen LogP contribution in [0.3, 0.4) is 0 Å². The number of hydrogen-bond donors (Lipinski definition) is 1. The van der Waals surface area contributed by atoms with E-state index in [1.165, 1.54) is 24.1 Å². The first-order valence-electron chi connectivity index (χ1n) is 8.00. The third-order valence-corrected chi connectivity index (χ3v) is 3.87. The monoisotopic (exact) mass is 277 g/mol. The standard InChI is InChI=1S/C16H27N3O/c1-4-10-17-13-8-7-9-14-12(13)11-18-16(19-14)15(5-2)20-6-3/h11,13,15,17H,4-10H2,1-3H3. The summed E-state index contributed by atoms with van der Waals surface area (Å²) >= 11 is 0. The molecule has 1 aromatic rings. The Balaban J connectivity index is 2.17. The quantitative estimate of drug-likeness (QED) is 0.830. The lowest BCUT2D eigenvalue weighted by molar-refractivity contribution is 0.0532. The summed E-state index contributed by atoms with van der Waals surface area (Å²) in [6, 6.07) is 0.430. The van der Waals surface area contributed by atoms with Crippen LogP contribution in [0.4, 0.5) is 0 Å². The fourth-order valence-electron chi connectivity index (χ4n) is 2.82. The molecule has 0 bridgehead atoms. The maximum atomic E-state index is 5.72. The summed E-state index contributed by atoms with van der Waals surface area (Å²) < 4.78 is 5.72. The molecular formula is C16H27N3O. The van der Waals surface area contributed by atoms with Crippen molar-refractivity contribution in [2.75, 3.05) is 13.2 Å². The highest BCUT2D eigenvalue weighted by Crippen LogP contribution is 2.29. The minimum Gasteiger partial charge on any atom is -0.371 e. The van der Waals surface area contributed by atoms with Gasteiger partial charge in [-0.3, -0.25) is 0 Å². The lowest BCUT2D eigenvalue weighted by Gasteiger charge is -2.26. The molecule has 1 aliphatic carbocycles. The molecule has 2 rings (SSSR count). The van der Waals surface area contributed by atoms with Gasteiger partial charge in [0.15, 0.2) is 5.82 Å². The summed E-state index contributed by atoms with van der Waals surface area (Å²) in [6.07, 6.45) is 7.60. The number of nitrogens with one attached hydrogen (secondary N) is 1. The first-order valence-corrected chi connectivity index (χ1v) is 8.00. The molecule has 0 aliphatic heterocycles. The van der Waals surface area contributed by atoms with Crippen LogP contribution in [0, 0.1) is 0 Å². The maximum Gasteiger partial charge on any atom is 0.157 e. The van der Waals surface area contributed by atoms with Crippen molar-refractivity contribution in [1.29, 1.82) is 0 Å². The van der Waals surface area contributed by atoms with Gasteiger partial charge in [0.1, 0.15) is 6.10 Å². The number of nitrogens with zero attached hydrogens (tertiary/aromatic N) is 2. The van der Waals surface area contributed by atoms with Crippen molar-refractivity contribution in [3.8, 4) is 0 Å². The molecule has 0 fully saturated rings. The normalized spacial score (nSPS) is 19.6. The average Bonchev–Trinajstić information content (AvgIpc) is 2.50. The molecule has 2 unspecified atom stereocenters. The van der Waals surface area contributed by atoms with Crippen molar-refractivity contribution in [3.63, 3.8) is 0 Å². The predicted octanol–water partition coefficient (Wildman–Crippen LogP) is 3.34. The molecule has 0 saturated carbocycles. The Labute approximate surface area is 122 Å². The van der Waals surface area contributed by atoms with Gasteiger partial charge in [-0.05, 0) is 45.6 Å². The highest BCUT2D eigenvalue weighted by atomic mass is 16.5. The van der Waals surface area contributed by atoms with Gasteiger partial charge in [0.2, 0.25) is 0 Å². The van der Waals surface area contributed by atoms with Gasteiger partial charge in [0, 0.05) is 30.1 Å².